The standard InChI is InChI=1S/C23H27N3OS2/c1-18-25-21(16-28-18)17-29-22-11-9-20(10-12-22)23(27)24-13-6-14-26(2)15-19-7-4-3-5-8-19/h3-5,7-12,16H,6,13-15,17H2,1-2H3,(H,24,27). The SMILES string of the molecule is Cc1nc(CSc2ccc(C(=O)NCCCN(C)Cc3ccccc3)cc2)cs1. The van der Waals surface area contributed by atoms with Crippen LogP contribution in [0.15, 0.2) is 64.9 Å². The molecule has 152 valence electrons. The fourth-order valence-corrected chi connectivity index (χ4v) is 4.47. The number of hydrogen-bond acceptors (Lipinski definition) is 5. The van der Waals surface area contributed by atoms with E-state index in [0.29, 0.717) is 12.1 Å². The van der Waals surface area contributed by atoms with Gasteiger partial charge in [-0.05, 0) is 56.8 Å². The van der Waals surface area contributed by atoms with Crippen LogP contribution in [0.25, 0.3) is 0 Å². The molecular formula is C23H27N3OS2. The van der Waals surface area contributed by atoms with Gasteiger partial charge in [0.25, 0.3) is 5.91 Å². The lowest BCUT2D eigenvalue weighted by Gasteiger charge is -2.16. The maximum absolute atomic E-state index is 12.3. The number of hydrogen-bond donors (Lipinski definition) is 1. The van der Waals surface area contributed by atoms with Crippen molar-refractivity contribution in [1.82, 2.24) is 15.2 Å². The minimum Gasteiger partial charge on any atom is -0.352 e. The van der Waals surface area contributed by atoms with E-state index >= 15 is 0 Å². The molecule has 1 amide bonds. The molecule has 0 fully saturated rings. The molecule has 3 aromatic rings. The first-order chi connectivity index (χ1) is 14.1. The minimum absolute atomic E-state index is 0.0117. The topological polar surface area (TPSA) is 45.2 Å². The molecule has 2 aromatic carbocycles. The summed E-state index contributed by atoms with van der Waals surface area (Å²) in [7, 11) is 2.11. The van der Waals surface area contributed by atoms with E-state index in [4.69, 9.17) is 0 Å². The first-order valence-corrected chi connectivity index (χ1v) is 11.6. The summed E-state index contributed by atoms with van der Waals surface area (Å²) >= 11 is 3.42. The van der Waals surface area contributed by atoms with E-state index in [1.165, 1.54) is 5.56 Å². The zero-order valence-corrected chi connectivity index (χ0v) is 18.6. The van der Waals surface area contributed by atoms with E-state index in [1.54, 1.807) is 23.1 Å². The number of aryl methyl sites for hydroxylation is 1. The van der Waals surface area contributed by atoms with Gasteiger partial charge in [0, 0.05) is 34.7 Å². The van der Waals surface area contributed by atoms with Gasteiger partial charge >= 0.3 is 0 Å². The van der Waals surface area contributed by atoms with Crippen molar-refractivity contribution in [3.63, 3.8) is 0 Å². The Morgan fingerprint density at radius 3 is 2.59 bits per heavy atom. The molecule has 0 radical (unpaired) electrons. The van der Waals surface area contributed by atoms with E-state index in [0.717, 1.165) is 40.9 Å². The molecule has 0 spiro atoms. The zero-order chi connectivity index (χ0) is 20.5. The van der Waals surface area contributed by atoms with Gasteiger partial charge in [0.05, 0.1) is 10.7 Å². The van der Waals surface area contributed by atoms with Gasteiger partial charge in [-0.2, -0.15) is 0 Å². The molecule has 0 aliphatic rings. The van der Waals surface area contributed by atoms with Crippen molar-refractivity contribution in [2.45, 2.75) is 30.5 Å². The molecule has 0 aliphatic carbocycles. The third-order valence-corrected chi connectivity index (χ3v) is 6.34. The van der Waals surface area contributed by atoms with E-state index in [9.17, 15) is 4.79 Å². The summed E-state index contributed by atoms with van der Waals surface area (Å²) in [6, 6.07) is 18.2. The number of aromatic nitrogens is 1. The van der Waals surface area contributed by atoms with Crippen molar-refractivity contribution < 1.29 is 4.79 Å². The summed E-state index contributed by atoms with van der Waals surface area (Å²) in [6.07, 6.45) is 0.927. The van der Waals surface area contributed by atoms with Gasteiger partial charge < -0.3 is 10.2 Å². The lowest BCUT2D eigenvalue weighted by atomic mass is 10.2. The van der Waals surface area contributed by atoms with Crippen molar-refractivity contribution in [2.75, 3.05) is 20.1 Å². The number of thioether (sulfide) groups is 1. The molecule has 0 aliphatic heterocycles. The molecule has 6 heteroatoms. The summed E-state index contributed by atoms with van der Waals surface area (Å²) in [5.41, 5.74) is 3.12. The highest BCUT2D eigenvalue weighted by molar-refractivity contribution is 7.98. The maximum atomic E-state index is 12.3. The predicted molar refractivity (Wildman–Crippen MR) is 123 cm³/mol. The Morgan fingerprint density at radius 1 is 1.14 bits per heavy atom. The highest BCUT2D eigenvalue weighted by Gasteiger charge is 2.06. The number of rotatable bonds is 10. The fourth-order valence-electron chi connectivity index (χ4n) is 2.96. The van der Waals surface area contributed by atoms with Gasteiger partial charge in [0.2, 0.25) is 0 Å². The van der Waals surface area contributed by atoms with Crippen LogP contribution in [0.3, 0.4) is 0 Å². The molecule has 0 saturated carbocycles. The lowest BCUT2D eigenvalue weighted by Crippen LogP contribution is -2.28. The molecule has 1 aromatic heterocycles. The Hall–Kier alpha value is -2.15. The number of thiazole rings is 1. The molecule has 0 saturated heterocycles. The number of nitrogens with zero attached hydrogens (tertiary/aromatic N) is 2. The first kappa shape index (κ1) is 21.6. The lowest BCUT2D eigenvalue weighted by molar-refractivity contribution is 0.0952. The Bertz CT molecular complexity index is 894. The molecule has 1 N–H and O–H groups in total. The van der Waals surface area contributed by atoms with Crippen molar-refractivity contribution >= 4 is 29.0 Å². The molecule has 29 heavy (non-hydrogen) atoms. The van der Waals surface area contributed by atoms with Gasteiger partial charge in [-0.1, -0.05) is 30.3 Å². The summed E-state index contributed by atoms with van der Waals surface area (Å²) in [6.45, 7) is 4.57. The van der Waals surface area contributed by atoms with Gasteiger partial charge in [-0.25, -0.2) is 4.98 Å². The van der Waals surface area contributed by atoms with Crippen LogP contribution >= 0.6 is 23.1 Å². The van der Waals surface area contributed by atoms with Crippen LogP contribution in [0.5, 0.6) is 0 Å². The Balaban J connectivity index is 1.35. The van der Waals surface area contributed by atoms with Crippen molar-refractivity contribution in [2.24, 2.45) is 0 Å². The van der Waals surface area contributed by atoms with E-state index in [2.05, 4.69) is 51.9 Å². The minimum atomic E-state index is -0.0117. The molecule has 0 atom stereocenters. The number of nitrogens with one attached hydrogen (secondary N) is 1. The number of carbonyl (C=O) groups excluding carboxylic acids is 1. The van der Waals surface area contributed by atoms with E-state index < -0.39 is 0 Å². The first-order valence-electron chi connectivity index (χ1n) is 9.75. The Kier molecular flexibility index (Phi) is 8.28. The van der Waals surface area contributed by atoms with Gasteiger partial charge in [-0.3, -0.25) is 4.79 Å². The monoisotopic (exact) mass is 425 g/mol. The second kappa shape index (κ2) is 11.1. The Morgan fingerprint density at radius 2 is 1.90 bits per heavy atom. The van der Waals surface area contributed by atoms with E-state index in [-0.39, 0.29) is 5.91 Å². The zero-order valence-electron chi connectivity index (χ0n) is 16.9. The van der Waals surface area contributed by atoms with Crippen LogP contribution in [0, 0.1) is 6.92 Å². The van der Waals surface area contributed by atoms with Gasteiger partial charge in [0.1, 0.15) is 0 Å². The molecule has 4 nitrogen and oxygen atoms in total. The Labute approximate surface area is 181 Å². The predicted octanol–water partition coefficient (Wildman–Crippen LogP) is 5.00. The summed E-state index contributed by atoms with van der Waals surface area (Å²) in [5, 5.41) is 6.21. The smallest absolute Gasteiger partial charge is 0.251 e. The average Bonchev–Trinajstić information content (AvgIpc) is 3.16. The van der Waals surface area contributed by atoms with Crippen LogP contribution in [0.1, 0.15) is 33.0 Å². The molecule has 3 rings (SSSR count). The summed E-state index contributed by atoms with van der Waals surface area (Å²) < 4.78 is 0. The maximum Gasteiger partial charge on any atom is 0.251 e. The van der Waals surface area contributed by atoms with Gasteiger partial charge in [0.15, 0.2) is 0 Å². The van der Waals surface area contributed by atoms with Crippen molar-refractivity contribution in [3.05, 3.63) is 81.8 Å². The highest BCUT2D eigenvalue weighted by Crippen LogP contribution is 2.23. The third-order valence-electron chi connectivity index (χ3n) is 4.47. The van der Waals surface area contributed by atoms with Gasteiger partial charge in [-0.15, -0.1) is 23.1 Å². The second-order valence-corrected chi connectivity index (χ2v) is 9.11. The molecule has 0 bridgehead atoms. The van der Waals surface area contributed by atoms with Crippen LogP contribution in [-0.4, -0.2) is 35.9 Å². The fraction of sp³-hybridized carbons (Fsp3) is 0.304. The average molecular weight is 426 g/mol. The second-order valence-electron chi connectivity index (χ2n) is 7.00. The number of carbonyl (C=O) groups is 1. The van der Waals surface area contributed by atoms with Crippen molar-refractivity contribution in [3.8, 4) is 0 Å². The van der Waals surface area contributed by atoms with Crippen LogP contribution in [0.2, 0.25) is 0 Å². The summed E-state index contributed by atoms with van der Waals surface area (Å²) in [5.74, 6) is 0.842. The van der Waals surface area contributed by atoms with Crippen LogP contribution < -0.4 is 5.32 Å². The highest BCUT2D eigenvalue weighted by atomic mass is 32.2. The van der Waals surface area contributed by atoms with Crippen LogP contribution in [0.4, 0.5) is 0 Å². The number of amides is 1. The molecule has 0 unspecified atom stereocenters. The number of benzene rings is 2. The molecule has 1 heterocycles. The van der Waals surface area contributed by atoms with Crippen molar-refractivity contribution in [1.29, 1.82) is 0 Å². The largest absolute Gasteiger partial charge is 0.352 e. The molecular weight excluding hydrogens is 398 g/mol. The third kappa shape index (κ3) is 7.31. The summed E-state index contributed by atoms with van der Waals surface area (Å²) in [4.78, 5) is 20.2. The quantitative estimate of drug-likeness (QED) is 0.367. The van der Waals surface area contributed by atoms with E-state index in [1.807, 2.05) is 37.3 Å². The van der Waals surface area contributed by atoms with Crippen LogP contribution in [-0.2, 0) is 12.3 Å². The normalized spacial score (nSPS) is 11.0.